The molecule has 1 aromatic rings. The maximum atomic E-state index is 5.35. The Bertz CT molecular complexity index is 361. The average Bonchev–Trinajstić information content (AvgIpc) is 2.72. The Hall–Kier alpha value is -0.140. The van der Waals surface area contributed by atoms with Crippen LogP contribution in [0.3, 0.4) is 0 Å². The Morgan fingerprint density at radius 2 is 2.11 bits per heavy atom. The van der Waals surface area contributed by atoms with Crippen LogP contribution < -0.4 is 0 Å². The van der Waals surface area contributed by atoms with E-state index in [4.69, 9.17) is 4.74 Å². The molecule has 0 atom stereocenters. The molecule has 1 fully saturated rings. The molecule has 102 valence electrons. The molecule has 1 saturated heterocycles. The summed E-state index contributed by atoms with van der Waals surface area (Å²) in [5.74, 6) is 0. The van der Waals surface area contributed by atoms with E-state index < -0.39 is 0 Å². The third kappa shape index (κ3) is 4.20. The van der Waals surface area contributed by atoms with E-state index in [9.17, 15) is 0 Å². The lowest BCUT2D eigenvalue weighted by molar-refractivity contribution is 0.0368. The van der Waals surface area contributed by atoms with E-state index in [-0.39, 0.29) is 0 Å². The van der Waals surface area contributed by atoms with E-state index in [1.165, 1.54) is 22.1 Å². The van der Waals surface area contributed by atoms with Crippen LogP contribution in [0.5, 0.6) is 0 Å². The third-order valence-electron chi connectivity index (χ3n) is 3.24. The second-order valence-corrected chi connectivity index (χ2v) is 5.91. The Labute approximate surface area is 123 Å². The molecule has 0 saturated carbocycles. The predicted molar refractivity (Wildman–Crippen MR) is 80.8 cm³/mol. The molecule has 1 aliphatic heterocycles. The molecule has 0 bridgehead atoms. The Kier molecular flexibility index (Phi) is 5.91. The summed E-state index contributed by atoms with van der Waals surface area (Å²) < 4.78 is 8.76. The molecule has 0 unspecified atom stereocenters. The highest BCUT2D eigenvalue weighted by atomic mass is 127. The summed E-state index contributed by atoms with van der Waals surface area (Å²) in [6.07, 6.45) is 5.60. The van der Waals surface area contributed by atoms with Gasteiger partial charge >= 0.3 is 0 Å². The molecule has 0 radical (unpaired) electrons. The molecule has 0 spiro atoms. The van der Waals surface area contributed by atoms with Crippen LogP contribution in [0.15, 0.2) is 6.20 Å². The standard InChI is InChI=1S/C13H22IN3O/c1-2-4-13-12(14)11-17(15-13)6-3-5-16-7-9-18-10-8-16/h11H,2-10H2,1H3. The minimum Gasteiger partial charge on any atom is -0.379 e. The monoisotopic (exact) mass is 363 g/mol. The van der Waals surface area contributed by atoms with Crippen molar-refractivity contribution in [3.63, 3.8) is 0 Å². The molecule has 18 heavy (non-hydrogen) atoms. The zero-order chi connectivity index (χ0) is 12.8. The molecule has 1 aromatic heterocycles. The molecule has 0 aliphatic carbocycles. The second kappa shape index (κ2) is 7.45. The van der Waals surface area contributed by atoms with Gasteiger partial charge in [0, 0.05) is 32.4 Å². The van der Waals surface area contributed by atoms with Gasteiger partial charge in [0.15, 0.2) is 0 Å². The highest BCUT2D eigenvalue weighted by molar-refractivity contribution is 14.1. The fourth-order valence-electron chi connectivity index (χ4n) is 2.24. The first-order valence-corrected chi connectivity index (χ1v) is 7.89. The summed E-state index contributed by atoms with van der Waals surface area (Å²) in [6.45, 7) is 8.32. The average molecular weight is 363 g/mol. The van der Waals surface area contributed by atoms with Crippen LogP contribution >= 0.6 is 22.6 Å². The van der Waals surface area contributed by atoms with E-state index in [2.05, 4.69) is 50.4 Å². The molecule has 0 aromatic carbocycles. The van der Waals surface area contributed by atoms with Gasteiger partial charge in [0.1, 0.15) is 0 Å². The lowest BCUT2D eigenvalue weighted by Crippen LogP contribution is -2.37. The maximum Gasteiger partial charge on any atom is 0.0757 e. The van der Waals surface area contributed by atoms with Crippen molar-refractivity contribution in [3.8, 4) is 0 Å². The second-order valence-electron chi connectivity index (χ2n) is 4.74. The van der Waals surface area contributed by atoms with E-state index in [0.29, 0.717) is 0 Å². The first-order chi connectivity index (χ1) is 8.79. The smallest absolute Gasteiger partial charge is 0.0757 e. The van der Waals surface area contributed by atoms with Crippen molar-refractivity contribution in [2.75, 3.05) is 32.8 Å². The molecule has 4 nitrogen and oxygen atoms in total. The van der Waals surface area contributed by atoms with Crippen molar-refractivity contribution in [2.24, 2.45) is 0 Å². The van der Waals surface area contributed by atoms with Crippen LogP contribution in [-0.2, 0) is 17.7 Å². The van der Waals surface area contributed by atoms with Crippen LogP contribution in [-0.4, -0.2) is 47.5 Å². The summed E-state index contributed by atoms with van der Waals surface area (Å²) in [7, 11) is 0. The number of hydrogen-bond donors (Lipinski definition) is 0. The number of nitrogens with zero attached hydrogens (tertiary/aromatic N) is 3. The summed E-state index contributed by atoms with van der Waals surface area (Å²) in [6, 6.07) is 0. The topological polar surface area (TPSA) is 30.3 Å². The van der Waals surface area contributed by atoms with Gasteiger partial charge in [0.25, 0.3) is 0 Å². The molecule has 0 amide bonds. The third-order valence-corrected chi connectivity index (χ3v) is 4.14. The minimum atomic E-state index is 0.889. The van der Waals surface area contributed by atoms with Gasteiger partial charge in [-0.1, -0.05) is 13.3 Å². The summed E-state index contributed by atoms with van der Waals surface area (Å²) in [5, 5.41) is 4.65. The molecular weight excluding hydrogens is 341 g/mol. The maximum absolute atomic E-state index is 5.35. The lowest BCUT2D eigenvalue weighted by atomic mass is 10.3. The predicted octanol–water partition coefficient (Wildman–Crippen LogP) is 2.16. The van der Waals surface area contributed by atoms with Crippen LogP contribution in [0, 0.1) is 3.57 Å². The van der Waals surface area contributed by atoms with Crippen LogP contribution in [0.2, 0.25) is 0 Å². The van der Waals surface area contributed by atoms with Gasteiger partial charge in [0.2, 0.25) is 0 Å². The molecular formula is C13H22IN3O. The number of rotatable bonds is 6. The van der Waals surface area contributed by atoms with Gasteiger partial charge in [0.05, 0.1) is 22.5 Å². The van der Waals surface area contributed by atoms with Gasteiger partial charge in [-0.25, -0.2) is 0 Å². The normalized spacial score (nSPS) is 17.2. The quantitative estimate of drug-likeness (QED) is 0.726. The number of morpholine rings is 1. The fourth-order valence-corrected chi connectivity index (χ4v) is 2.94. The van der Waals surface area contributed by atoms with Crippen LogP contribution in [0.4, 0.5) is 0 Å². The summed E-state index contributed by atoms with van der Waals surface area (Å²) in [5.41, 5.74) is 1.25. The number of aryl methyl sites for hydroxylation is 2. The highest BCUT2D eigenvalue weighted by Crippen LogP contribution is 2.12. The van der Waals surface area contributed by atoms with Gasteiger partial charge < -0.3 is 4.74 Å². The van der Waals surface area contributed by atoms with Crippen LogP contribution in [0.1, 0.15) is 25.5 Å². The van der Waals surface area contributed by atoms with Crippen molar-refractivity contribution < 1.29 is 4.74 Å². The number of ether oxygens (including phenoxy) is 1. The first-order valence-electron chi connectivity index (χ1n) is 6.81. The van der Waals surface area contributed by atoms with Gasteiger partial charge in [-0.3, -0.25) is 9.58 Å². The van der Waals surface area contributed by atoms with E-state index in [1.54, 1.807) is 0 Å². The van der Waals surface area contributed by atoms with Crippen molar-refractivity contribution >= 4 is 22.6 Å². The van der Waals surface area contributed by atoms with Gasteiger partial charge in [-0.2, -0.15) is 5.10 Å². The highest BCUT2D eigenvalue weighted by Gasteiger charge is 2.10. The van der Waals surface area contributed by atoms with E-state index in [1.807, 2.05) is 0 Å². The SMILES string of the molecule is CCCc1nn(CCCN2CCOCC2)cc1I. The van der Waals surface area contributed by atoms with Gasteiger partial charge in [-0.15, -0.1) is 0 Å². The van der Waals surface area contributed by atoms with Crippen LogP contribution in [0.25, 0.3) is 0 Å². The summed E-state index contributed by atoms with van der Waals surface area (Å²) in [4.78, 5) is 2.48. The molecule has 2 heterocycles. The zero-order valence-corrected chi connectivity index (χ0v) is 13.2. The van der Waals surface area contributed by atoms with Gasteiger partial charge in [-0.05, 0) is 35.4 Å². The fraction of sp³-hybridized carbons (Fsp3) is 0.769. The number of hydrogen-bond acceptors (Lipinski definition) is 3. The lowest BCUT2D eigenvalue weighted by Gasteiger charge is -2.26. The number of halogens is 1. The largest absolute Gasteiger partial charge is 0.379 e. The number of aromatic nitrogens is 2. The van der Waals surface area contributed by atoms with Crippen molar-refractivity contribution in [3.05, 3.63) is 15.5 Å². The molecule has 5 heteroatoms. The molecule has 0 N–H and O–H groups in total. The zero-order valence-electron chi connectivity index (χ0n) is 11.1. The van der Waals surface area contributed by atoms with Crippen molar-refractivity contribution in [2.45, 2.75) is 32.7 Å². The van der Waals surface area contributed by atoms with Crippen molar-refractivity contribution in [1.82, 2.24) is 14.7 Å². The first kappa shape index (κ1) is 14.3. The minimum absolute atomic E-state index is 0.889. The Morgan fingerprint density at radius 3 is 2.83 bits per heavy atom. The molecule has 1 aliphatic rings. The van der Waals surface area contributed by atoms with E-state index in [0.717, 1.165) is 45.8 Å². The Morgan fingerprint density at radius 1 is 1.33 bits per heavy atom. The molecule has 2 rings (SSSR count). The summed E-state index contributed by atoms with van der Waals surface area (Å²) >= 11 is 2.39. The Balaban J connectivity index is 1.73. The van der Waals surface area contributed by atoms with Crippen molar-refractivity contribution in [1.29, 1.82) is 0 Å². The van der Waals surface area contributed by atoms with E-state index >= 15 is 0 Å².